The van der Waals surface area contributed by atoms with Crippen LogP contribution in [0.2, 0.25) is 0 Å². The zero-order valence-corrected chi connectivity index (χ0v) is 11.8. The van der Waals surface area contributed by atoms with Crippen LogP contribution in [-0.2, 0) is 11.8 Å². The number of anilines is 1. The first-order valence-corrected chi connectivity index (χ1v) is 6.54. The molecule has 2 rings (SSSR count). The third-order valence-electron chi connectivity index (χ3n) is 3.11. The van der Waals surface area contributed by atoms with Crippen LogP contribution < -0.4 is 5.32 Å². The Balaban J connectivity index is 2.09. The van der Waals surface area contributed by atoms with E-state index in [2.05, 4.69) is 41.5 Å². The summed E-state index contributed by atoms with van der Waals surface area (Å²) in [5.74, 6) is 0.980. The van der Waals surface area contributed by atoms with Gasteiger partial charge < -0.3 is 14.6 Å². The van der Waals surface area contributed by atoms with Crippen molar-refractivity contribution in [2.75, 3.05) is 19.0 Å². The molecule has 0 saturated heterocycles. The second-order valence-electron chi connectivity index (χ2n) is 4.77. The minimum absolute atomic E-state index is 0.386. The second kappa shape index (κ2) is 6.38. The van der Waals surface area contributed by atoms with Gasteiger partial charge in [-0.2, -0.15) is 0 Å². The van der Waals surface area contributed by atoms with Crippen LogP contribution in [0.25, 0.3) is 11.4 Å². The summed E-state index contributed by atoms with van der Waals surface area (Å²) in [5, 5.41) is 3.48. The van der Waals surface area contributed by atoms with E-state index >= 15 is 0 Å². The fourth-order valence-corrected chi connectivity index (χ4v) is 2.04. The van der Waals surface area contributed by atoms with Crippen LogP contribution in [0.1, 0.15) is 13.3 Å². The third-order valence-corrected chi connectivity index (χ3v) is 3.11. The number of aryl methyl sites for hydroxylation is 1. The number of aromatic nitrogens is 2. The zero-order chi connectivity index (χ0) is 13.7. The molecule has 4 nitrogen and oxygen atoms in total. The average Bonchev–Trinajstić information content (AvgIpc) is 2.83. The maximum Gasteiger partial charge on any atom is 0.139 e. The lowest BCUT2D eigenvalue weighted by Crippen LogP contribution is -2.17. The quantitative estimate of drug-likeness (QED) is 0.867. The van der Waals surface area contributed by atoms with Crippen LogP contribution in [0, 0.1) is 0 Å². The molecule has 0 radical (unpaired) electrons. The van der Waals surface area contributed by atoms with Gasteiger partial charge in [0.15, 0.2) is 0 Å². The van der Waals surface area contributed by atoms with E-state index in [0.29, 0.717) is 6.04 Å². The molecule has 0 bridgehead atoms. The fourth-order valence-electron chi connectivity index (χ4n) is 2.04. The van der Waals surface area contributed by atoms with Crippen LogP contribution in [-0.4, -0.2) is 29.3 Å². The summed E-state index contributed by atoms with van der Waals surface area (Å²) in [7, 11) is 3.73. The molecule has 0 spiro atoms. The van der Waals surface area contributed by atoms with Crippen molar-refractivity contribution in [3.05, 3.63) is 36.7 Å². The van der Waals surface area contributed by atoms with E-state index in [1.807, 2.05) is 24.0 Å². The van der Waals surface area contributed by atoms with Crippen molar-refractivity contribution < 1.29 is 4.74 Å². The first-order chi connectivity index (χ1) is 9.20. The van der Waals surface area contributed by atoms with Gasteiger partial charge >= 0.3 is 0 Å². The predicted molar refractivity (Wildman–Crippen MR) is 78.2 cm³/mol. The summed E-state index contributed by atoms with van der Waals surface area (Å²) in [6.45, 7) is 2.93. The summed E-state index contributed by atoms with van der Waals surface area (Å²) in [5.41, 5.74) is 2.24. The molecule has 1 heterocycles. The number of rotatable bonds is 6. The van der Waals surface area contributed by atoms with Gasteiger partial charge in [-0.15, -0.1) is 0 Å². The lowest BCUT2D eigenvalue weighted by atomic mass is 10.1. The number of methoxy groups -OCH3 is 1. The van der Waals surface area contributed by atoms with Gasteiger partial charge in [0.05, 0.1) is 0 Å². The van der Waals surface area contributed by atoms with Gasteiger partial charge in [0.2, 0.25) is 0 Å². The molecule has 0 amide bonds. The number of imidazole rings is 1. The maximum atomic E-state index is 5.10. The molecule has 0 aliphatic heterocycles. The first-order valence-electron chi connectivity index (χ1n) is 6.54. The SMILES string of the molecule is COCCC(C)Nc1cccc(-c2nccn2C)c1. The van der Waals surface area contributed by atoms with Crippen LogP contribution in [0.5, 0.6) is 0 Å². The highest BCUT2D eigenvalue weighted by molar-refractivity contribution is 5.62. The molecule has 1 N–H and O–H groups in total. The highest BCUT2D eigenvalue weighted by Crippen LogP contribution is 2.21. The van der Waals surface area contributed by atoms with Crippen LogP contribution in [0.4, 0.5) is 5.69 Å². The van der Waals surface area contributed by atoms with Gasteiger partial charge in [0.1, 0.15) is 5.82 Å². The van der Waals surface area contributed by atoms with Crippen LogP contribution >= 0.6 is 0 Å². The Kier molecular flexibility index (Phi) is 4.58. The molecule has 0 fully saturated rings. The molecule has 1 unspecified atom stereocenters. The normalized spacial score (nSPS) is 12.4. The summed E-state index contributed by atoms with van der Waals surface area (Å²) in [4.78, 5) is 4.37. The number of benzene rings is 1. The molecule has 0 aliphatic rings. The van der Waals surface area contributed by atoms with Crippen LogP contribution in [0.15, 0.2) is 36.7 Å². The van der Waals surface area contributed by atoms with Gasteiger partial charge in [-0.3, -0.25) is 0 Å². The molecular weight excluding hydrogens is 238 g/mol. The number of nitrogens with zero attached hydrogens (tertiary/aromatic N) is 2. The minimum Gasteiger partial charge on any atom is -0.385 e. The smallest absolute Gasteiger partial charge is 0.139 e. The summed E-state index contributed by atoms with van der Waals surface area (Å²) >= 11 is 0. The molecule has 19 heavy (non-hydrogen) atoms. The van der Waals surface area contributed by atoms with Crippen molar-refractivity contribution in [1.29, 1.82) is 0 Å². The van der Waals surface area contributed by atoms with Gasteiger partial charge in [0.25, 0.3) is 0 Å². The molecule has 2 aromatic rings. The molecule has 1 aromatic carbocycles. The lowest BCUT2D eigenvalue weighted by Gasteiger charge is -2.15. The Hall–Kier alpha value is -1.81. The topological polar surface area (TPSA) is 39.1 Å². The average molecular weight is 259 g/mol. The second-order valence-corrected chi connectivity index (χ2v) is 4.77. The largest absolute Gasteiger partial charge is 0.385 e. The van der Waals surface area contributed by atoms with Gasteiger partial charge in [-0.05, 0) is 25.5 Å². The molecule has 1 aromatic heterocycles. The summed E-state index contributed by atoms with van der Waals surface area (Å²) in [6, 6.07) is 8.72. The minimum atomic E-state index is 0.386. The van der Waals surface area contributed by atoms with Crippen molar-refractivity contribution in [2.45, 2.75) is 19.4 Å². The van der Waals surface area contributed by atoms with E-state index in [1.54, 1.807) is 7.11 Å². The monoisotopic (exact) mass is 259 g/mol. The van der Waals surface area contributed by atoms with Crippen molar-refractivity contribution in [1.82, 2.24) is 9.55 Å². The molecule has 0 aliphatic carbocycles. The Bertz CT molecular complexity index is 522. The van der Waals surface area contributed by atoms with Gasteiger partial charge in [-0.1, -0.05) is 12.1 Å². The maximum absolute atomic E-state index is 5.10. The molecule has 102 valence electrons. The highest BCUT2D eigenvalue weighted by atomic mass is 16.5. The van der Waals surface area contributed by atoms with E-state index in [1.165, 1.54) is 0 Å². The molecule has 4 heteroatoms. The number of ether oxygens (including phenoxy) is 1. The van der Waals surface area contributed by atoms with Crippen molar-refractivity contribution >= 4 is 5.69 Å². The number of hydrogen-bond acceptors (Lipinski definition) is 3. The third kappa shape index (κ3) is 3.58. The molecule has 1 atom stereocenters. The van der Waals surface area contributed by atoms with Gasteiger partial charge in [-0.25, -0.2) is 4.98 Å². The van der Waals surface area contributed by atoms with E-state index in [-0.39, 0.29) is 0 Å². The van der Waals surface area contributed by atoms with Crippen molar-refractivity contribution in [3.63, 3.8) is 0 Å². The predicted octanol–water partition coefficient (Wildman–Crippen LogP) is 2.92. The summed E-state index contributed by atoms with van der Waals surface area (Å²) < 4.78 is 7.12. The van der Waals surface area contributed by atoms with Crippen molar-refractivity contribution in [3.8, 4) is 11.4 Å². The van der Waals surface area contributed by atoms with E-state index in [0.717, 1.165) is 30.1 Å². The Morgan fingerprint density at radius 2 is 2.26 bits per heavy atom. The number of nitrogens with one attached hydrogen (secondary N) is 1. The van der Waals surface area contributed by atoms with E-state index < -0.39 is 0 Å². The van der Waals surface area contributed by atoms with Gasteiger partial charge in [0, 0.05) is 50.5 Å². The Morgan fingerprint density at radius 1 is 1.42 bits per heavy atom. The van der Waals surface area contributed by atoms with Crippen molar-refractivity contribution in [2.24, 2.45) is 7.05 Å². The lowest BCUT2D eigenvalue weighted by molar-refractivity contribution is 0.191. The first kappa shape index (κ1) is 13.6. The van der Waals surface area contributed by atoms with Crippen LogP contribution in [0.3, 0.4) is 0 Å². The standard InChI is InChI=1S/C15H21N3O/c1-12(7-10-19-3)17-14-6-4-5-13(11-14)15-16-8-9-18(15)2/h4-6,8-9,11-12,17H,7,10H2,1-3H3. The van der Waals surface area contributed by atoms with E-state index in [9.17, 15) is 0 Å². The fraction of sp³-hybridized carbons (Fsp3) is 0.400. The summed E-state index contributed by atoms with van der Waals surface area (Å²) in [6.07, 6.45) is 4.76. The zero-order valence-electron chi connectivity index (χ0n) is 11.8. The molecule has 0 saturated carbocycles. The molecular formula is C15H21N3O. The van der Waals surface area contributed by atoms with E-state index in [4.69, 9.17) is 4.74 Å². The highest BCUT2D eigenvalue weighted by Gasteiger charge is 2.06. The Labute approximate surface area is 114 Å². The Morgan fingerprint density at radius 3 is 2.95 bits per heavy atom. The number of hydrogen-bond donors (Lipinski definition) is 1.